The summed E-state index contributed by atoms with van der Waals surface area (Å²) in [5.74, 6) is -0.653. The van der Waals surface area contributed by atoms with Gasteiger partial charge in [0, 0.05) is 5.92 Å². The van der Waals surface area contributed by atoms with Crippen molar-refractivity contribution in [1.82, 2.24) is 5.32 Å². The zero-order valence-corrected chi connectivity index (χ0v) is 11.0. The highest BCUT2D eigenvalue weighted by molar-refractivity contribution is 5.88. The van der Waals surface area contributed by atoms with E-state index in [9.17, 15) is 9.59 Å². The molecule has 2 atom stereocenters. The minimum atomic E-state index is -0.612. The Morgan fingerprint density at radius 3 is 2.12 bits per heavy atom. The van der Waals surface area contributed by atoms with Gasteiger partial charge in [0.2, 0.25) is 11.8 Å². The van der Waals surface area contributed by atoms with E-state index in [1.54, 1.807) is 0 Å². The average Bonchev–Trinajstić information content (AvgIpc) is 2.11. The maximum absolute atomic E-state index is 11.8. The van der Waals surface area contributed by atoms with Gasteiger partial charge in [0.1, 0.15) is 6.04 Å². The SMILES string of the molecule is CCCC(C)C(=O)NC(C(N)=O)C(C)(C)C. The third kappa shape index (κ3) is 4.64. The molecule has 0 saturated carbocycles. The second-order valence-electron chi connectivity index (χ2n) is 5.40. The van der Waals surface area contributed by atoms with Crippen molar-refractivity contribution in [1.29, 1.82) is 0 Å². The maximum Gasteiger partial charge on any atom is 0.240 e. The van der Waals surface area contributed by atoms with Crippen LogP contribution in [0.3, 0.4) is 0 Å². The van der Waals surface area contributed by atoms with Crippen molar-refractivity contribution in [2.24, 2.45) is 17.1 Å². The molecule has 0 bridgehead atoms. The Bertz CT molecular complexity index is 256. The van der Waals surface area contributed by atoms with Crippen LogP contribution in [-0.2, 0) is 9.59 Å². The predicted octanol–water partition coefficient (Wildman–Crippen LogP) is 1.44. The Morgan fingerprint density at radius 2 is 1.81 bits per heavy atom. The third-order valence-corrected chi connectivity index (χ3v) is 2.61. The van der Waals surface area contributed by atoms with Crippen molar-refractivity contribution in [3.8, 4) is 0 Å². The van der Waals surface area contributed by atoms with Crippen molar-refractivity contribution < 1.29 is 9.59 Å². The summed E-state index contributed by atoms with van der Waals surface area (Å²) in [6, 6.07) is -0.612. The summed E-state index contributed by atoms with van der Waals surface area (Å²) in [5.41, 5.74) is 4.94. The molecule has 3 N–H and O–H groups in total. The monoisotopic (exact) mass is 228 g/mol. The fraction of sp³-hybridized carbons (Fsp3) is 0.833. The van der Waals surface area contributed by atoms with E-state index < -0.39 is 11.9 Å². The molecule has 0 aliphatic rings. The van der Waals surface area contributed by atoms with Crippen molar-refractivity contribution in [3.05, 3.63) is 0 Å². The second kappa shape index (κ2) is 5.87. The number of rotatable bonds is 5. The lowest BCUT2D eigenvalue weighted by atomic mass is 9.86. The Hall–Kier alpha value is -1.06. The standard InChI is InChI=1S/C12H24N2O2/c1-6-7-8(2)11(16)14-9(10(13)15)12(3,4)5/h8-9H,6-7H2,1-5H3,(H2,13,15)(H,14,16). The van der Waals surface area contributed by atoms with Crippen LogP contribution in [-0.4, -0.2) is 17.9 Å². The quantitative estimate of drug-likeness (QED) is 0.747. The first-order valence-electron chi connectivity index (χ1n) is 5.79. The van der Waals surface area contributed by atoms with E-state index in [4.69, 9.17) is 5.73 Å². The topological polar surface area (TPSA) is 72.2 Å². The van der Waals surface area contributed by atoms with Crippen molar-refractivity contribution in [2.75, 3.05) is 0 Å². The highest BCUT2D eigenvalue weighted by Crippen LogP contribution is 2.19. The number of hydrogen-bond donors (Lipinski definition) is 2. The molecule has 0 aliphatic carbocycles. The zero-order valence-electron chi connectivity index (χ0n) is 11.0. The van der Waals surface area contributed by atoms with Crippen LogP contribution in [0.4, 0.5) is 0 Å². The van der Waals surface area contributed by atoms with Gasteiger partial charge in [0.15, 0.2) is 0 Å². The van der Waals surface area contributed by atoms with Gasteiger partial charge in [-0.3, -0.25) is 9.59 Å². The molecule has 0 aliphatic heterocycles. The first-order chi connectivity index (χ1) is 7.20. The summed E-state index contributed by atoms with van der Waals surface area (Å²) >= 11 is 0. The number of nitrogens with one attached hydrogen (secondary N) is 1. The molecule has 0 fully saturated rings. The van der Waals surface area contributed by atoms with Gasteiger partial charge in [0.25, 0.3) is 0 Å². The van der Waals surface area contributed by atoms with Crippen molar-refractivity contribution in [2.45, 2.75) is 53.5 Å². The third-order valence-electron chi connectivity index (χ3n) is 2.61. The van der Waals surface area contributed by atoms with Gasteiger partial charge in [-0.15, -0.1) is 0 Å². The van der Waals surface area contributed by atoms with E-state index >= 15 is 0 Å². The van der Waals surface area contributed by atoms with Crippen LogP contribution in [0, 0.1) is 11.3 Å². The van der Waals surface area contributed by atoms with E-state index in [-0.39, 0.29) is 17.2 Å². The fourth-order valence-corrected chi connectivity index (χ4v) is 1.56. The molecule has 2 amide bonds. The molecule has 0 saturated heterocycles. The molecule has 0 aromatic carbocycles. The highest BCUT2D eigenvalue weighted by Gasteiger charge is 2.31. The van der Waals surface area contributed by atoms with Gasteiger partial charge in [-0.2, -0.15) is 0 Å². The lowest BCUT2D eigenvalue weighted by molar-refractivity contribution is -0.131. The molecule has 0 spiro atoms. The number of hydrogen-bond acceptors (Lipinski definition) is 2. The Morgan fingerprint density at radius 1 is 1.31 bits per heavy atom. The molecule has 4 nitrogen and oxygen atoms in total. The minimum Gasteiger partial charge on any atom is -0.368 e. The van der Waals surface area contributed by atoms with Crippen LogP contribution in [0.2, 0.25) is 0 Å². The summed E-state index contributed by atoms with van der Waals surface area (Å²) < 4.78 is 0. The van der Waals surface area contributed by atoms with Crippen molar-refractivity contribution >= 4 is 11.8 Å². The molecule has 0 rings (SSSR count). The molecule has 0 heterocycles. The molecular formula is C12H24N2O2. The Kier molecular flexibility index (Phi) is 5.48. The molecular weight excluding hydrogens is 204 g/mol. The molecule has 0 aromatic rings. The number of nitrogens with two attached hydrogens (primary N) is 1. The Labute approximate surface area is 98.0 Å². The Balaban J connectivity index is 4.54. The van der Waals surface area contributed by atoms with Gasteiger partial charge in [-0.05, 0) is 11.8 Å². The maximum atomic E-state index is 11.8. The molecule has 0 radical (unpaired) electrons. The number of amides is 2. The predicted molar refractivity (Wildman–Crippen MR) is 64.7 cm³/mol. The van der Waals surface area contributed by atoms with E-state index in [0.29, 0.717) is 0 Å². The van der Waals surface area contributed by atoms with Gasteiger partial charge >= 0.3 is 0 Å². The zero-order chi connectivity index (χ0) is 12.9. The van der Waals surface area contributed by atoms with E-state index in [0.717, 1.165) is 12.8 Å². The highest BCUT2D eigenvalue weighted by atomic mass is 16.2. The summed E-state index contributed by atoms with van der Waals surface area (Å²) in [6.45, 7) is 9.53. The second-order valence-corrected chi connectivity index (χ2v) is 5.40. The van der Waals surface area contributed by atoms with E-state index in [1.807, 2.05) is 34.6 Å². The van der Waals surface area contributed by atoms with Gasteiger partial charge in [0.05, 0.1) is 0 Å². The van der Waals surface area contributed by atoms with Gasteiger partial charge in [-0.25, -0.2) is 0 Å². The van der Waals surface area contributed by atoms with E-state index in [2.05, 4.69) is 5.32 Å². The van der Waals surface area contributed by atoms with Crippen LogP contribution in [0.1, 0.15) is 47.5 Å². The van der Waals surface area contributed by atoms with Crippen LogP contribution >= 0.6 is 0 Å². The van der Waals surface area contributed by atoms with Crippen LogP contribution in [0.25, 0.3) is 0 Å². The van der Waals surface area contributed by atoms with Crippen LogP contribution < -0.4 is 11.1 Å². The van der Waals surface area contributed by atoms with Crippen molar-refractivity contribution in [3.63, 3.8) is 0 Å². The minimum absolute atomic E-state index is 0.0748. The fourth-order valence-electron chi connectivity index (χ4n) is 1.56. The first kappa shape index (κ1) is 14.9. The molecule has 94 valence electrons. The lowest BCUT2D eigenvalue weighted by Crippen LogP contribution is -2.53. The van der Waals surface area contributed by atoms with Crippen LogP contribution in [0.15, 0.2) is 0 Å². The smallest absolute Gasteiger partial charge is 0.240 e. The number of carbonyl (C=O) groups excluding carboxylic acids is 2. The molecule has 4 heteroatoms. The number of primary amides is 1. The van der Waals surface area contributed by atoms with Crippen LogP contribution in [0.5, 0.6) is 0 Å². The summed E-state index contributed by atoms with van der Waals surface area (Å²) in [6.07, 6.45) is 1.77. The average molecular weight is 228 g/mol. The summed E-state index contributed by atoms with van der Waals surface area (Å²) in [5, 5.41) is 2.73. The summed E-state index contributed by atoms with van der Waals surface area (Å²) in [4.78, 5) is 23.0. The lowest BCUT2D eigenvalue weighted by Gasteiger charge is -2.29. The summed E-state index contributed by atoms with van der Waals surface area (Å²) in [7, 11) is 0. The van der Waals surface area contributed by atoms with Gasteiger partial charge < -0.3 is 11.1 Å². The normalized spacial score (nSPS) is 15.3. The molecule has 16 heavy (non-hydrogen) atoms. The van der Waals surface area contributed by atoms with E-state index in [1.165, 1.54) is 0 Å². The number of carbonyl (C=O) groups is 2. The van der Waals surface area contributed by atoms with Gasteiger partial charge in [-0.1, -0.05) is 41.0 Å². The molecule has 0 aromatic heterocycles. The first-order valence-corrected chi connectivity index (χ1v) is 5.79. The molecule has 2 unspecified atom stereocenters. The largest absolute Gasteiger partial charge is 0.368 e.